The third-order valence-corrected chi connectivity index (χ3v) is 5.88. The summed E-state index contributed by atoms with van der Waals surface area (Å²) in [6.07, 6.45) is 6.88. The van der Waals surface area contributed by atoms with Gasteiger partial charge in [-0.05, 0) is 48.0 Å². The van der Waals surface area contributed by atoms with Gasteiger partial charge in [0.05, 0.1) is 29.2 Å². The number of para-hydroxylation sites is 1. The average Bonchev–Trinajstić information content (AvgIpc) is 3.66. The van der Waals surface area contributed by atoms with Crippen molar-refractivity contribution >= 4 is 34.0 Å². The molecular formula is C27H22N8O. The van der Waals surface area contributed by atoms with Crippen LogP contribution in [0, 0.1) is 0 Å². The number of aromatic nitrogens is 6. The molecule has 3 aromatic heterocycles. The Bertz CT molecular complexity index is 1660. The van der Waals surface area contributed by atoms with E-state index in [9.17, 15) is 4.79 Å². The normalized spacial score (nSPS) is 11.0. The van der Waals surface area contributed by atoms with E-state index >= 15 is 0 Å². The van der Waals surface area contributed by atoms with Gasteiger partial charge in [-0.1, -0.05) is 30.3 Å². The first-order valence-corrected chi connectivity index (χ1v) is 11.4. The first-order chi connectivity index (χ1) is 17.6. The summed E-state index contributed by atoms with van der Waals surface area (Å²) < 4.78 is 3.47. The van der Waals surface area contributed by atoms with Gasteiger partial charge in [-0.2, -0.15) is 10.2 Å². The van der Waals surface area contributed by atoms with Crippen LogP contribution in [0.4, 0.5) is 17.2 Å². The predicted molar refractivity (Wildman–Crippen MR) is 140 cm³/mol. The molecule has 0 aliphatic heterocycles. The van der Waals surface area contributed by atoms with Crippen LogP contribution in [0.25, 0.3) is 27.7 Å². The van der Waals surface area contributed by atoms with E-state index in [1.807, 2.05) is 83.7 Å². The Kier molecular flexibility index (Phi) is 5.27. The summed E-state index contributed by atoms with van der Waals surface area (Å²) in [7, 11) is 1.78. The molecule has 0 bridgehead atoms. The number of carbonyl (C=O) groups excluding carboxylic acids is 1. The van der Waals surface area contributed by atoms with Crippen molar-refractivity contribution in [1.82, 2.24) is 29.8 Å². The van der Waals surface area contributed by atoms with Crippen LogP contribution >= 0.6 is 0 Å². The molecule has 3 N–H and O–H groups in total. The Morgan fingerprint density at radius 2 is 1.78 bits per heavy atom. The first-order valence-electron chi connectivity index (χ1n) is 11.4. The summed E-state index contributed by atoms with van der Waals surface area (Å²) in [4.78, 5) is 12.6. The molecular weight excluding hydrogens is 452 g/mol. The third-order valence-electron chi connectivity index (χ3n) is 5.88. The number of aromatic amines is 1. The number of aryl methyl sites for hydroxylation is 1. The Hall–Kier alpha value is -5.18. The van der Waals surface area contributed by atoms with Crippen LogP contribution in [0.5, 0.6) is 0 Å². The van der Waals surface area contributed by atoms with Gasteiger partial charge in [0.25, 0.3) is 5.91 Å². The highest BCUT2D eigenvalue weighted by atomic mass is 16.1. The number of anilines is 3. The van der Waals surface area contributed by atoms with Crippen molar-refractivity contribution in [3.63, 3.8) is 0 Å². The third kappa shape index (κ3) is 4.09. The van der Waals surface area contributed by atoms with Crippen LogP contribution in [-0.2, 0) is 7.05 Å². The zero-order chi connectivity index (χ0) is 24.5. The van der Waals surface area contributed by atoms with Gasteiger partial charge in [-0.3, -0.25) is 14.6 Å². The molecule has 3 aromatic carbocycles. The van der Waals surface area contributed by atoms with E-state index in [-0.39, 0.29) is 5.91 Å². The van der Waals surface area contributed by atoms with Gasteiger partial charge in [0, 0.05) is 41.8 Å². The van der Waals surface area contributed by atoms with Crippen LogP contribution in [0.3, 0.4) is 0 Å². The number of nitrogens with zero attached hydrogens (tertiary/aromatic N) is 5. The second kappa shape index (κ2) is 8.88. The molecule has 36 heavy (non-hydrogen) atoms. The quantitative estimate of drug-likeness (QED) is 0.310. The van der Waals surface area contributed by atoms with Crippen molar-refractivity contribution in [2.45, 2.75) is 0 Å². The summed E-state index contributed by atoms with van der Waals surface area (Å²) in [5.41, 5.74) is 5.99. The van der Waals surface area contributed by atoms with Crippen molar-refractivity contribution in [3.05, 3.63) is 103 Å². The first kappa shape index (κ1) is 21.4. The number of hydrogen-bond acceptors (Lipinski definition) is 5. The monoisotopic (exact) mass is 474 g/mol. The lowest BCUT2D eigenvalue weighted by Gasteiger charge is -2.08. The maximum atomic E-state index is 12.6. The Labute approximate surface area is 206 Å². The van der Waals surface area contributed by atoms with Crippen molar-refractivity contribution in [3.8, 4) is 16.8 Å². The maximum absolute atomic E-state index is 12.6. The highest BCUT2D eigenvalue weighted by molar-refractivity contribution is 6.04. The Balaban J connectivity index is 1.30. The summed E-state index contributed by atoms with van der Waals surface area (Å²) in [5.74, 6) is 0.526. The molecule has 0 spiro atoms. The van der Waals surface area contributed by atoms with E-state index < -0.39 is 0 Å². The molecule has 9 nitrogen and oxygen atoms in total. The van der Waals surface area contributed by atoms with Crippen LogP contribution < -0.4 is 10.6 Å². The molecule has 0 saturated carbocycles. The van der Waals surface area contributed by atoms with E-state index in [0.29, 0.717) is 11.3 Å². The summed E-state index contributed by atoms with van der Waals surface area (Å²) >= 11 is 0. The second-order valence-corrected chi connectivity index (χ2v) is 8.37. The van der Waals surface area contributed by atoms with Crippen molar-refractivity contribution in [2.75, 3.05) is 10.6 Å². The fourth-order valence-electron chi connectivity index (χ4n) is 4.10. The molecule has 9 heteroatoms. The van der Waals surface area contributed by atoms with Crippen molar-refractivity contribution < 1.29 is 4.79 Å². The van der Waals surface area contributed by atoms with Gasteiger partial charge in [-0.25, -0.2) is 4.68 Å². The number of hydrogen-bond donors (Lipinski definition) is 3. The average molecular weight is 475 g/mol. The molecule has 3 heterocycles. The van der Waals surface area contributed by atoms with E-state index in [1.54, 1.807) is 30.3 Å². The predicted octanol–water partition coefficient (Wildman–Crippen LogP) is 5.15. The van der Waals surface area contributed by atoms with Gasteiger partial charge in [0.1, 0.15) is 0 Å². The Morgan fingerprint density at radius 1 is 0.917 bits per heavy atom. The lowest BCUT2D eigenvalue weighted by atomic mass is 10.1. The van der Waals surface area contributed by atoms with Gasteiger partial charge in [0.15, 0.2) is 5.82 Å². The fourth-order valence-corrected chi connectivity index (χ4v) is 4.10. The molecule has 0 atom stereocenters. The minimum Gasteiger partial charge on any atom is -0.338 e. The fraction of sp³-hybridized carbons (Fsp3) is 0.0370. The largest absolute Gasteiger partial charge is 0.338 e. The SMILES string of the molecule is Cn1cc(C(=O)Nc2cccc(-n3nc(Nc4ccc(-c5cn[nH]c5)cc4)c4ccccc43)c2)cn1. The molecule has 1 amide bonds. The highest BCUT2D eigenvalue weighted by Crippen LogP contribution is 2.30. The lowest BCUT2D eigenvalue weighted by molar-refractivity contribution is 0.102. The standard InChI is InChI=1S/C27H22N8O/c1-34-17-20(16-30-34)27(36)32-22-5-4-6-23(13-22)35-25-8-3-2-7-24(25)26(33-35)31-21-11-9-18(10-12-21)19-14-28-29-15-19/h2-17H,1H3,(H,28,29)(H,31,33)(H,32,36). The summed E-state index contributed by atoms with van der Waals surface area (Å²) in [5, 5.41) is 23.2. The van der Waals surface area contributed by atoms with Crippen molar-refractivity contribution in [2.24, 2.45) is 7.05 Å². The van der Waals surface area contributed by atoms with Crippen LogP contribution in [-0.4, -0.2) is 35.7 Å². The van der Waals surface area contributed by atoms with Crippen molar-refractivity contribution in [1.29, 1.82) is 0 Å². The zero-order valence-corrected chi connectivity index (χ0v) is 19.4. The molecule has 176 valence electrons. The van der Waals surface area contributed by atoms with E-state index in [2.05, 4.69) is 25.9 Å². The van der Waals surface area contributed by atoms with E-state index in [0.717, 1.165) is 39.2 Å². The highest BCUT2D eigenvalue weighted by Gasteiger charge is 2.14. The zero-order valence-electron chi connectivity index (χ0n) is 19.4. The number of benzene rings is 3. The van der Waals surface area contributed by atoms with Crippen LogP contribution in [0.2, 0.25) is 0 Å². The topological polar surface area (TPSA) is 105 Å². The number of fused-ring (bicyclic) bond motifs is 1. The summed E-state index contributed by atoms with van der Waals surface area (Å²) in [6, 6.07) is 23.8. The number of H-pyrrole nitrogens is 1. The molecule has 0 fully saturated rings. The van der Waals surface area contributed by atoms with Gasteiger partial charge in [-0.15, -0.1) is 5.10 Å². The van der Waals surface area contributed by atoms with E-state index in [4.69, 9.17) is 5.10 Å². The second-order valence-electron chi connectivity index (χ2n) is 8.37. The number of rotatable bonds is 6. The molecule has 6 aromatic rings. The van der Waals surface area contributed by atoms with Gasteiger partial charge < -0.3 is 10.6 Å². The minimum atomic E-state index is -0.216. The van der Waals surface area contributed by atoms with Gasteiger partial charge >= 0.3 is 0 Å². The number of carbonyl (C=O) groups is 1. The van der Waals surface area contributed by atoms with Crippen LogP contribution in [0.1, 0.15) is 10.4 Å². The molecule has 6 rings (SSSR count). The lowest BCUT2D eigenvalue weighted by Crippen LogP contribution is -2.11. The number of amides is 1. The molecule has 0 aliphatic rings. The maximum Gasteiger partial charge on any atom is 0.258 e. The van der Waals surface area contributed by atoms with E-state index in [1.165, 1.54) is 0 Å². The molecule has 0 aliphatic carbocycles. The smallest absolute Gasteiger partial charge is 0.258 e. The molecule has 0 unspecified atom stereocenters. The van der Waals surface area contributed by atoms with Crippen LogP contribution in [0.15, 0.2) is 97.6 Å². The molecule has 0 radical (unpaired) electrons. The molecule has 0 saturated heterocycles. The number of nitrogens with one attached hydrogen (secondary N) is 3. The minimum absolute atomic E-state index is 0.216. The Morgan fingerprint density at radius 3 is 2.56 bits per heavy atom. The van der Waals surface area contributed by atoms with Gasteiger partial charge in [0.2, 0.25) is 0 Å². The summed E-state index contributed by atoms with van der Waals surface area (Å²) in [6.45, 7) is 0.